The van der Waals surface area contributed by atoms with Gasteiger partial charge in [-0.15, -0.1) is 0 Å². The normalized spacial score (nSPS) is 19.0. The number of hydrogen-bond donors (Lipinski definition) is 1. The van der Waals surface area contributed by atoms with E-state index in [2.05, 4.69) is 34.0 Å². The molecule has 2 atom stereocenters. The summed E-state index contributed by atoms with van der Waals surface area (Å²) in [5.41, 5.74) is 0.962. The summed E-state index contributed by atoms with van der Waals surface area (Å²) in [5, 5.41) is 4.08. The second-order valence-electron chi connectivity index (χ2n) is 8.19. The molecule has 3 aromatic rings. The van der Waals surface area contributed by atoms with Crippen LogP contribution in [0.3, 0.4) is 0 Å². The zero-order valence-electron chi connectivity index (χ0n) is 18.8. The van der Waals surface area contributed by atoms with Gasteiger partial charge in [0.1, 0.15) is 23.7 Å². The molecule has 1 aliphatic heterocycles. The molecule has 0 aliphatic carbocycles. The summed E-state index contributed by atoms with van der Waals surface area (Å²) in [6.45, 7) is 7.90. The standard InChI is InChI=1S/C24H28ClFN4O3/c1-16-12-30(13-17(2)33-16)8-3-9-31-15-32-19-5-6-20-23(11-19)27-14-28-24(20)29-22-7-4-18(25)10-21(22)26/h4-7,10-11,14,16-17H,3,8-9,12-13,15H2,1-2H3,(H,27,28,29). The van der Waals surface area contributed by atoms with Crippen LogP contribution in [0.1, 0.15) is 20.3 Å². The minimum absolute atomic E-state index is 0.160. The second kappa shape index (κ2) is 11.1. The Kier molecular flexibility index (Phi) is 7.93. The first-order valence-electron chi connectivity index (χ1n) is 11.0. The molecular weight excluding hydrogens is 447 g/mol. The predicted molar refractivity (Wildman–Crippen MR) is 127 cm³/mol. The maximum atomic E-state index is 14.1. The number of ether oxygens (including phenoxy) is 3. The van der Waals surface area contributed by atoms with Gasteiger partial charge >= 0.3 is 0 Å². The van der Waals surface area contributed by atoms with Crippen LogP contribution < -0.4 is 10.1 Å². The summed E-state index contributed by atoms with van der Waals surface area (Å²) in [5.74, 6) is 0.681. The minimum atomic E-state index is -0.455. The quantitative estimate of drug-likeness (QED) is 0.345. The van der Waals surface area contributed by atoms with Gasteiger partial charge in [0.2, 0.25) is 0 Å². The Morgan fingerprint density at radius 3 is 2.76 bits per heavy atom. The Morgan fingerprint density at radius 2 is 1.97 bits per heavy atom. The van der Waals surface area contributed by atoms with Crippen molar-refractivity contribution in [2.24, 2.45) is 0 Å². The lowest BCUT2D eigenvalue weighted by molar-refractivity contribution is -0.0706. The number of halogens is 2. The zero-order valence-corrected chi connectivity index (χ0v) is 19.5. The van der Waals surface area contributed by atoms with Gasteiger partial charge < -0.3 is 19.5 Å². The maximum Gasteiger partial charge on any atom is 0.189 e. The third-order valence-electron chi connectivity index (χ3n) is 5.36. The summed E-state index contributed by atoms with van der Waals surface area (Å²) < 4.78 is 31.3. The molecule has 0 radical (unpaired) electrons. The topological polar surface area (TPSA) is 68.7 Å². The van der Waals surface area contributed by atoms with E-state index in [-0.39, 0.29) is 24.7 Å². The van der Waals surface area contributed by atoms with Crippen molar-refractivity contribution in [1.29, 1.82) is 0 Å². The summed E-state index contributed by atoms with van der Waals surface area (Å²) in [6.07, 6.45) is 2.90. The van der Waals surface area contributed by atoms with Gasteiger partial charge in [-0.05, 0) is 50.6 Å². The first-order valence-corrected chi connectivity index (χ1v) is 11.4. The van der Waals surface area contributed by atoms with Gasteiger partial charge in [-0.3, -0.25) is 4.90 Å². The monoisotopic (exact) mass is 474 g/mol. The van der Waals surface area contributed by atoms with Gasteiger partial charge in [-0.25, -0.2) is 14.4 Å². The highest BCUT2D eigenvalue weighted by molar-refractivity contribution is 6.30. The van der Waals surface area contributed by atoms with Crippen LogP contribution in [-0.4, -0.2) is 60.1 Å². The molecular formula is C24H28ClFN4O3. The molecule has 1 fully saturated rings. The van der Waals surface area contributed by atoms with Crippen molar-refractivity contribution in [2.45, 2.75) is 32.5 Å². The lowest BCUT2D eigenvalue weighted by atomic mass is 10.2. The fourth-order valence-electron chi connectivity index (χ4n) is 3.97. The Labute approximate surface area is 197 Å². The molecule has 1 aliphatic rings. The van der Waals surface area contributed by atoms with Gasteiger partial charge in [0.25, 0.3) is 0 Å². The van der Waals surface area contributed by atoms with E-state index < -0.39 is 5.82 Å². The molecule has 0 saturated carbocycles. The van der Waals surface area contributed by atoms with E-state index in [0.29, 0.717) is 28.7 Å². The number of morpholine rings is 1. The van der Waals surface area contributed by atoms with Gasteiger partial charge in [-0.1, -0.05) is 11.6 Å². The second-order valence-corrected chi connectivity index (χ2v) is 8.63. The fraction of sp³-hybridized carbons (Fsp3) is 0.417. The molecule has 1 saturated heterocycles. The SMILES string of the molecule is CC1CN(CCCOCOc2ccc3c(Nc4ccc(Cl)cc4F)ncnc3c2)CC(C)O1. The molecule has 1 N–H and O–H groups in total. The highest BCUT2D eigenvalue weighted by Crippen LogP contribution is 2.28. The van der Waals surface area contributed by atoms with Crippen molar-refractivity contribution in [3.63, 3.8) is 0 Å². The number of aromatic nitrogens is 2. The maximum absolute atomic E-state index is 14.1. The molecule has 0 amide bonds. The molecule has 176 valence electrons. The number of nitrogens with one attached hydrogen (secondary N) is 1. The largest absolute Gasteiger partial charge is 0.467 e. The number of hydrogen-bond acceptors (Lipinski definition) is 7. The average molecular weight is 475 g/mol. The lowest BCUT2D eigenvalue weighted by Crippen LogP contribution is -2.45. The highest BCUT2D eigenvalue weighted by atomic mass is 35.5. The summed E-state index contributed by atoms with van der Waals surface area (Å²) in [6, 6.07) is 9.89. The van der Waals surface area contributed by atoms with E-state index in [9.17, 15) is 4.39 Å². The van der Waals surface area contributed by atoms with Crippen molar-refractivity contribution in [2.75, 3.05) is 38.4 Å². The lowest BCUT2D eigenvalue weighted by Gasteiger charge is -2.35. The number of benzene rings is 2. The number of anilines is 2. The van der Waals surface area contributed by atoms with Gasteiger partial charge in [0, 0.05) is 36.1 Å². The van der Waals surface area contributed by atoms with Crippen molar-refractivity contribution in [3.8, 4) is 5.75 Å². The molecule has 2 aromatic carbocycles. The third kappa shape index (κ3) is 6.51. The van der Waals surface area contributed by atoms with E-state index in [1.54, 1.807) is 18.2 Å². The minimum Gasteiger partial charge on any atom is -0.467 e. The van der Waals surface area contributed by atoms with Crippen LogP contribution in [0.5, 0.6) is 5.75 Å². The van der Waals surface area contributed by atoms with E-state index in [0.717, 1.165) is 31.4 Å². The Morgan fingerprint density at radius 1 is 1.15 bits per heavy atom. The predicted octanol–water partition coefficient (Wildman–Crippen LogP) is 5.02. The average Bonchev–Trinajstić information content (AvgIpc) is 2.77. The molecule has 1 aromatic heterocycles. The summed E-state index contributed by atoms with van der Waals surface area (Å²) >= 11 is 5.82. The van der Waals surface area contributed by atoms with Crippen molar-refractivity contribution >= 4 is 34.0 Å². The van der Waals surface area contributed by atoms with Crippen LogP contribution in [0.15, 0.2) is 42.7 Å². The van der Waals surface area contributed by atoms with Crippen LogP contribution in [0.25, 0.3) is 10.9 Å². The van der Waals surface area contributed by atoms with Crippen LogP contribution in [0.2, 0.25) is 5.02 Å². The third-order valence-corrected chi connectivity index (χ3v) is 5.59. The van der Waals surface area contributed by atoms with E-state index in [4.69, 9.17) is 25.8 Å². The number of rotatable bonds is 9. The van der Waals surface area contributed by atoms with Crippen LogP contribution in [-0.2, 0) is 9.47 Å². The first-order chi connectivity index (χ1) is 16.0. The Bertz CT molecular complexity index is 1080. The van der Waals surface area contributed by atoms with Crippen LogP contribution in [0, 0.1) is 5.82 Å². The van der Waals surface area contributed by atoms with Gasteiger partial charge in [0.15, 0.2) is 6.79 Å². The fourth-order valence-corrected chi connectivity index (χ4v) is 4.13. The van der Waals surface area contributed by atoms with Crippen molar-refractivity contribution in [3.05, 3.63) is 53.6 Å². The van der Waals surface area contributed by atoms with E-state index >= 15 is 0 Å². The highest BCUT2D eigenvalue weighted by Gasteiger charge is 2.21. The smallest absolute Gasteiger partial charge is 0.189 e. The molecule has 33 heavy (non-hydrogen) atoms. The zero-order chi connectivity index (χ0) is 23.2. The molecule has 0 bridgehead atoms. The van der Waals surface area contributed by atoms with Crippen LogP contribution >= 0.6 is 11.6 Å². The molecule has 2 heterocycles. The Hall–Kier alpha value is -2.52. The number of nitrogens with zero attached hydrogens (tertiary/aromatic N) is 3. The molecule has 4 rings (SSSR count). The molecule has 7 nitrogen and oxygen atoms in total. The van der Waals surface area contributed by atoms with Crippen molar-refractivity contribution in [1.82, 2.24) is 14.9 Å². The molecule has 2 unspecified atom stereocenters. The number of fused-ring (bicyclic) bond motifs is 1. The van der Waals surface area contributed by atoms with Crippen molar-refractivity contribution < 1.29 is 18.6 Å². The first kappa shape index (κ1) is 23.6. The molecule has 0 spiro atoms. The Balaban J connectivity index is 1.27. The summed E-state index contributed by atoms with van der Waals surface area (Å²) in [7, 11) is 0. The van der Waals surface area contributed by atoms with Gasteiger partial charge in [0.05, 0.1) is 30.0 Å². The summed E-state index contributed by atoms with van der Waals surface area (Å²) in [4.78, 5) is 10.9. The van der Waals surface area contributed by atoms with Crippen LogP contribution in [0.4, 0.5) is 15.9 Å². The van der Waals surface area contributed by atoms with E-state index in [1.165, 1.54) is 12.4 Å². The van der Waals surface area contributed by atoms with Gasteiger partial charge in [-0.2, -0.15) is 0 Å². The molecule has 9 heteroatoms. The van der Waals surface area contributed by atoms with E-state index in [1.807, 2.05) is 12.1 Å².